The van der Waals surface area contributed by atoms with Gasteiger partial charge in [0, 0.05) is 19.6 Å². The van der Waals surface area contributed by atoms with E-state index in [1.165, 1.54) is 0 Å². The van der Waals surface area contributed by atoms with Gasteiger partial charge in [0.1, 0.15) is 0 Å². The van der Waals surface area contributed by atoms with E-state index >= 15 is 0 Å². The van der Waals surface area contributed by atoms with E-state index < -0.39 is 5.97 Å². The summed E-state index contributed by atoms with van der Waals surface area (Å²) in [4.78, 5) is 12.9. The Bertz CT molecular complexity index is 239. The third kappa shape index (κ3) is 3.43. The molecule has 5 heteroatoms. The molecule has 0 spiro atoms. The van der Waals surface area contributed by atoms with E-state index in [4.69, 9.17) is 9.84 Å². The zero-order chi connectivity index (χ0) is 12.2. The van der Waals surface area contributed by atoms with Gasteiger partial charge in [0.05, 0.1) is 24.7 Å². The fraction of sp³-hybridized carbons (Fsp3) is 0.909. The Morgan fingerprint density at radius 3 is 2.56 bits per heavy atom. The summed E-state index contributed by atoms with van der Waals surface area (Å²) >= 11 is 0. The minimum absolute atomic E-state index is 0.193. The molecule has 0 amide bonds. The van der Waals surface area contributed by atoms with Crippen LogP contribution in [0.5, 0.6) is 0 Å². The van der Waals surface area contributed by atoms with Crippen LogP contribution in [-0.4, -0.2) is 60.9 Å². The van der Waals surface area contributed by atoms with E-state index in [0.717, 1.165) is 19.6 Å². The maximum absolute atomic E-state index is 10.8. The molecular weight excluding hydrogens is 208 g/mol. The van der Waals surface area contributed by atoms with Crippen LogP contribution in [0.15, 0.2) is 0 Å². The van der Waals surface area contributed by atoms with E-state index in [1.54, 1.807) is 0 Å². The number of ether oxygens (including phenoxy) is 1. The van der Waals surface area contributed by atoms with Crippen molar-refractivity contribution < 1.29 is 14.6 Å². The zero-order valence-corrected chi connectivity index (χ0v) is 10.3. The fourth-order valence-electron chi connectivity index (χ4n) is 1.89. The van der Waals surface area contributed by atoms with Crippen molar-refractivity contribution in [1.82, 2.24) is 10.2 Å². The van der Waals surface area contributed by atoms with Crippen LogP contribution in [0.2, 0.25) is 0 Å². The quantitative estimate of drug-likeness (QED) is 0.652. The molecule has 0 aromatic rings. The van der Waals surface area contributed by atoms with Gasteiger partial charge in [-0.2, -0.15) is 0 Å². The Hall–Kier alpha value is -0.650. The summed E-state index contributed by atoms with van der Waals surface area (Å²) in [5, 5.41) is 12.0. The molecule has 0 saturated carbocycles. The summed E-state index contributed by atoms with van der Waals surface area (Å²) in [6.07, 6.45) is 0.418. The van der Waals surface area contributed by atoms with Crippen molar-refractivity contribution in [3.8, 4) is 0 Å². The molecule has 1 fully saturated rings. The first-order valence-corrected chi connectivity index (χ1v) is 5.72. The predicted octanol–water partition coefficient (Wildman–Crippen LogP) is 0.160. The van der Waals surface area contributed by atoms with Crippen molar-refractivity contribution in [2.45, 2.75) is 31.9 Å². The molecule has 0 atom stereocenters. The highest BCUT2D eigenvalue weighted by molar-refractivity contribution is 5.68. The van der Waals surface area contributed by atoms with Gasteiger partial charge in [-0.05, 0) is 20.9 Å². The van der Waals surface area contributed by atoms with Crippen molar-refractivity contribution in [2.24, 2.45) is 0 Å². The van der Waals surface area contributed by atoms with Gasteiger partial charge in [-0.15, -0.1) is 0 Å². The van der Waals surface area contributed by atoms with Crippen molar-refractivity contribution in [3.63, 3.8) is 0 Å². The van der Waals surface area contributed by atoms with E-state index in [1.807, 2.05) is 20.9 Å². The van der Waals surface area contributed by atoms with Crippen LogP contribution < -0.4 is 5.32 Å². The van der Waals surface area contributed by atoms with Crippen LogP contribution in [-0.2, 0) is 9.53 Å². The van der Waals surface area contributed by atoms with Gasteiger partial charge in [-0.1, -0.05) is 0 Å². The summed E-state index contributed by atoms with van der Waals surface area (Å²) < 4.78 is 5.47. The first-order valence-electron chi connectivity index (χ1n) is 5.72. The van der Waals surface area contributed by atoms with Crippen molar-refractivity contribution in [1.29, 1.82) is 0 Å². The second-order valence-corrected chi connectivity index (χ2v) is 4.74. The summed E-state index contributed by atoms with van der Waals surface area (Å²) in [7, 11) is 1.97. The molecule has 0 aliphatic carbocycles. The highest BCUT2D eigenvalue weighted by Crippen LogP contribution is 2.23. The number of hydrogen-bond donors (Lipinski definition) is 2. The average molecular weight is 230 g/mol. The lowest BCUT2D eigenvalue weighted by Crippen LogP contribution is -2.69. The molecule has 0 unspecified atom stereocenters. The molecule has 94 valence electrons. The Morgan fingerprint density at radius 2 is 2.19 bits per heavy atom. The molecule has 5 nitrogen and oxygen atoms in total. The molecule has 1 rings (SSSR count). The maximum Gasteiger partial charge on any atom is 0.305 e. The molecule has 1 aliphatic heterocycles. The van der Waals surface area contributed by atoms with Gasteiger partial charge < -0.3 is 15.2 Å². The SMILES string of the molecule is CC(C)OCCN(C)C1(CC(=O)O)CNC1. The number of nitrogens with zero attached hydrogens (tertiary/aromatic N) is 1. The second kappa shape index (κ2) is 5.61. The number of carboxylic acid groups (broad SMARTS) is 1. The number of aliphatic carboxylic acids is 1. The smallest absolute Gasteiger partial charge is 0.305 e. The number of carboxylic acids is 1. The third-order valence-electron chi connectivity index (χ3n) is 3.08. The number of likely N-dealkylation sites (N-methyl/N-ethyl adjacent to an activating group) is 1. The highest BCUT2D eigenvalue weighted by Gasteiger charge is 2.42. The number of hydrogen-bond acceptors (Lipinski definition) is 4. The molecule has 0 aromatic heterocycles. The van der Waals surface area contributed by atoms with Crippen LogP contribution in [0, 0.1) is 0 Å². The summed E-state index contributed by atoms with van der Waals surface area (Å²) in [5.41, 5.74) is -0.216. The maximum atomic E-state index is 10.8. The Morgan fingerprint density at radius 1 is 1.56 bits per heavy atom. The zero-order valence-electron chi connectivity index (χ0n) is 10.3. The van der Waals surface area contributed by atoms with Gasteiger partial charge in [-0.25, -0.2) is 0 Å². The molecule has 0 aromatic carbocycles. The summed E-state index contributed by atoms with van der Waals surface area (Å²) in [6.45, 7) is 6.91. The molecule has 2 N–H and O–H groups in total. The van der Waals surface area contributed by atoms with E-state index in [0.29, 0.717) is 6.61 Å². The van der Waals surface area contributed by atoms with Gasteiger partial charge in [-0.3, -0.25) is 9.69 Å². The lowest BCUT2D eigenvalue weighted by molar-refractivity contribution is -0.141. The molecule has 1 heterocycles. The van der Waals surface area contributed by atoms with Crippen molar-refractivity contribution >= 4 is 5.97 Å². The minimum Gasteiger partial charge on any atom is -0.481 e. The molecular formula is C11H22N2O3. The lowest BCUT2D eigenvalue weighted by atomic mass is 9.87. The Kier molecular flexibility index (Phi) is 4.70. The van der Waals surface area contributed by atoms with E-state index in [-0.39, 0.29) is 18.1 Å². The molecule has 0 radical (unpaired) electrons. The summed E-state index contributed by atoms with van der Waals surface area (Å²) in [5.74, 6) is -0.738. The largest absolute Gasteiger partial charge is 0.481 e. The Balaban J connectivity index is 2.37. The predicted molar refractivity (Wildman–Crippen MR) is 61.6 cm³/mol. The summed E-state index contributed by atoms with van der Waals surface area (Å²) in [6, 6.07) is 0. The van der Waals surface area contributed by atoms with E-state index in [2.05, 4.69) is 10.2 Å². The van der Waals surface area contributed by atoms with Crippen molar-refractivity contribution in [2.75, 3.05) is 33.3 Å². The van der Waals surface area contributed by atoms with Crippen LogP contribution in [0.4, 0.5) is 0 Å². The minimum atomic E-state index is -0.738. The van der Waals surface area contributed by atoms with Crippen LogP contribution in [0.1, 0.15) is 20.3 Å². The van der Waals surface area contributed by atoms with Gasteiger partial charge >= 0.3 is 5.97 Å². The number of carbonyl (C=O) groups is 1. The van der Waals surface area contributed by atoms with Crippen LogP contribution >= 0.6 is 0 Å². The van der Waals surface area contributed by atoms with Gasteiger partial charge in [0.2, 0.25) is 0 Å². The lowest BCUT2D eigenvalue weighted by Gasteiger charge is -2.48. The first-order chi connectivity index (χ1) is 7.46. The highest BCUT2D eigenvalue weighted by atomic mass is 16.5. The third-order valence-corrected chi connectivity index (χ3v) is 3.08. The standard InChI is InChI=1S/C11H22N2O3/c1-9(2)16-5-4-13(3)11(6-10(14)15)7-12-8-11/h9,12H,4-8H2,1-3H3,(H,14,15). The van der Waals surface area contributed by atoms with Gasteiger partial charge in [0.15, 0.2) is 0 Å². The molecule has 16 heavy (non-hydrogen) atoms. The molecule has 1 aliphatic rings. The topological polar surface area (TPSA) is 61.8 Å². The van der Waals surface area contributed by atoms with Crippen molar-refractivity contribution in [3.05, 3.63) is 0 Å². The monoisotopic (exact) mass is 230 g/mol. The Labute approximate surface area is 96.8 Å². The number of rotatable bonds is 7. The van der Waals surface area contributed by atoms with Crippen LogP contribution in [0.25, 0.3) is 0 Å². The fourth-order valence-corrected chi connectivity index (χ4v) is 1.89. The number of nitrogens with one attached hydrogen (secondary N) is 1. The first kappa shape index (κ1) is 13.4. The van der Waals surface area contributed by atoms with E-state index in [9.17, 15) is 4.79 Å². The average Bonchev–Trinajstić information content (AvgIpc) is 2.10. The van der Waals surface area contributed by atoms with Gasteiger partial charge in [0.25, 0.3) is 0 Å². The normalized spacial score (nSPS) is 18.8. The molecule has 1 saturated heterocycles. The van der Waals surface area contributed by atoms with Crippen LogP contribution in [0.3, 0.4) is 0 Å². The second-order valence-electron chi connectivity index (χ2n) is 4.74. The molecule has 0 bridgehead atoms.